The number of ether oxygens (including phenoxy) is 1. The van der Waals surface area contributed by atoms with Gasteiger partial charge in [-0.25, -0.2) is 0 Å². The molecule has 0 aromatic rings. The van der Waals surface area contributed by atoms with E-state index in [1.807, 2.05) is 0 Å². The third-order valence-electron chi connectivity index (χ3n) is 3.47. The topological polar surface area (TPSA) is 24.5 Å². The van der Waals surface area contributed by atoms with E-state index in [2.05, 4.69) is 65.7 Å². The molecule has 0 amide bonds. The first-order valence-corrected chi connectivity index (χ1v) is 8.13. The first-order chi connectivity index (χ1) is 9.08. The van der Waals surface area contributed by atoms with Crippen molar-refractivity contribution in [2.75, 3.05) is 33.3 Å². The Morgan fingerprint density at radius 2 is 1.75 bits per heavy atom. The van der Waals surface area contributed by atoms with Crippen molar-refractivity contribution in [1.82, 2.24) is 10.2 Å². The second kappa shape index (κ2) is 9.01. The van der Waals surface area contributed by atoms with Gasteiger partial charge in [0.15, 0.2) is 0 Å². The highest BCUT2D eigenvalue weighted by molar-refractivity contribution is 4.83. The molecule has 122 valence electrons. The third-order valence-corrected chi connectivity index (χ3v) is 3.47. The Balaban J connectivity index is 4.28. The Morgan fingerprint density at radius 3 is 2.20 bits per heavy atom. The van der Waals surface area contributed by atoms with Crippen molar-refractivity contribution in [2.45, 2.75) is 73.0 Å². The zero-order chi connectivity index (χ0) is 15.8. The lowest BCUT2D eigenvalue weighted by atomic mass is 9.84. The average Bonchev–Trinajstić information content (AvgIpc) is 2.25. The lowest BCUT2D eigenvalue weighted by molar-refractivity contribution is 0.0539. The van der Waals surface area contributed by atoms with Crippen molar-refractivity contribution >= 4 is 0 Å². The van der Waals surface area contributed by atoms with Crippen LogP contribution in [0.4, 0.5) is 0 Å². The molecule has 1 unspecified atom stereocenters. The van der Waals surface area contributed by atoms with Gasteiger partial charge in [-0.3, -0.25) is 0 Å². The molecule has 0 aliphatic heterocycles. The highest BCUT2D eigenvalue weighted by Crippen LogP contribution is 2.24. The maximum Gasteiger partial charge on any atom is 0.0596 e. The average molecular weight is 287 g/mol. The fourth-order valence-corrected chi connectivity index (χ4v) is 2.48. The molecule has 0 radical (unpaired) electrons. The number of hydrogen-bond donors (Lipinski definition) is 1. The number of nitrogens with one attached hydrogen (secondary N) is 1. The van der Waals surface area contributed by atoms with Crippen LogP contribution >= 0.6 is 0 Å². The van der Waals surface area contributed by atoms with E-state index in [0.29, 0.717) is 11.5 Å². The first-order valence-electron chi connectivity index (χ1n) is 8.13. The molecular weight excluding hydrogens is 248 g/mol. The summed E-state index contributed by atoms with van der Waals surface area (Å²) in [6.07, 6.45) is 2.82. The summed E-state index contributed by atoms with van der Waals surface area (Å²) in [6.45, 7) is 19.6. The van der Waals surface area contributed by atoms with E-state index in [1.54, 1.807) is 0 Å². The Hall–Kier alpha value is -0.120. The molecule has 0 aliphatic carbocycles. The van der Waals surface area contributed by atoms with Crippen LogP contribution in [0.15, 0.2) is 0 Å². The normalized spacial score (nSPS) is 15.9. The molecule has 0 saturated heterocycles. The third kappa shape index (κ3) is 10.6. The summed E-state index contributed by atoms with van der Waals surface area (Å²) < 4.78 is 5.64. The van der Waals surface area contributed by atoms with Crippen LogP contribution in [0.25, 0.3) is 0 Å². The van der Waals surface area contributed by atoms with Crippen molar-refractivity contribution in [3.63, 3.8) is 0 Å². The molecule has 0 fully saturated rings. The van der Waals surface area contributed by atoms with Gasteiger partial charge in [0, 0.05) is 25.2 Å². The SMILES string of the molecule is CCCC(C)(CNC(C)(C)C)CN(C)CCOC(C)C. The van der Waals surface area contributed by atoms with Crippen LogP contribution in [0.5, 0.6) is 0 Å². The van der Waals surface area contributed by atoms with Crippen LogP contribution in [0, 0.1) is 5.41 Å². The molecule has 0 spiro atoms. The van der Waals surface area contributed by atoms with Crippen molar-refractivity contribution in [3.05, 3.63) is 0 Å². The van der Waals surface area contributed by atoms with E-state index >= 15 is 0 Å². The Morgan fingerprint density at radius 1 is 1.15 bits per heavy atom. The van der Waals surface area contributed by atoms with Crippen LogP contribution in [0.1, 0.15) is 61.3 Å². The van der Waals surface area contributed by atoms with E-state index in [-0.39, 0.29) is 5.54 Å². The summed E-state index contributed by atoms with van der Waals surface area (Å²) in [4.78, 5) is 2.41. The zero-order valence-corrected chi connectivity index (χ0v) is 15.2. The quantitative estimate of drug-likeness (QED) is 0.665. The van der Waals surface area contributed by atoms with Crippen molar-refractivity contribution in [3.8, 4) is 0 Å². The maximum absolute atomic E-state index is 5.64. The Kier molecular flexibility index (Phi) is 8.96. The number of hydrogen-bond acceptors (Lipinski definition) is 3. The summed E-state index contributed by atoms with van der Waals surface area (Å²) in [6, 6.07) is 0. The molecular formula is C17H38N2O. The molecule has 0 heterocycles. The van der Waals surface area contributed by atoms with Gasteiger partial charge in [0.1, 0.15) is 0 Å². The van der Waals surface area contributed by atoms with Crippen LogP contribution < -0.4 is 5.32 Å². The van der Waals surface area contributed by atoms with Crippen molar-refractivity contribution in [1.29, 1.82) is 0 Å². The molecule has 1 atom stereocenters. The minimum absolute atomic E-state index is 0.189. The van der Waals surface area contributed by atoms with Gasteiger partial charge < -0.3 is 15.0 Å². The van der Waals surface area contributed by atoms with E-state index in [1.165, 1.54) is 12.8 Å². The lowest BCUT2D eigenvalue weighted by Gasteiger charge is -2.36. The van der Waals surface area contributed by atoms with Crippen molar-refractivity contribution < 1.29 is 4.74 Å². The molecule has 3 nitrogen and oxygen atoms in total. The molecule has 3 heteroatoms. The summed E-state index contributed by atoms with van der Waals surface area (Å²) >= 11 is 0. The minimum atomic E-state index is 0.189. The summed E-state index contributed by atoms with van der Waals surface area (Å²) in [5.74, 6) is 0. The predicted molar refractivity (Wildman–Crippen MR) is 89.4 cm³/mol. The van der Waals surface area contributed by atoms with Gasteiger partial charge in [-0.1, -0.05) is 20.3 Å². The Labute approximate surface area is 127 Å². The molecule has 0 aliphatic rings. The van der Waals surface area contributed by atoms with E-state index in [4.69, 9.17) is 4.74 Å². The standard InChI is InChI=1S/C17H38N2O/c1-9-10-17(7,13-18-16(4,5)6)14-19(8)11-12-20-15(2)3/h15,18H,9-14H2,1-8H3. The number of rotatable bonds is 10. The van der Waals surface area contributed by atoms with Crippen LogP contribution in [0.3, 0.4) is 0 Å². The molecule has 1 N–H and O–H groups in total. The van der Waals surface area contributed by atoms with E-state index in [9.17, 15) is 0 Å². The number of likely N-dealkylation sites (N-methyl/N-ethyl adjacent to an activating group) is 1. The second-order valence-corrected chi connectivity index (χ2v) is 7.82. The molecule has 0 rings (SSSR count). The zero-order valence-electron chi connectivity index (χ0n) is 15.2. The fraction of sp³-hybridized carbons (Fsp3) is 1.00. The fourth-order valence-electron chi connectivity index (χ4n) is 2.48. The molecule has 0 aromatic carbocycles. The van der Waals surface area contributed by atoms with Gasteiger partial charge in [-0.2, -0.15) is 0 Å². The van der Waals surface area contributed by atoms with Gasteiger partial charge in [0.2, 0.25) is 0 Å². The van der Waals surface area contributed by atoms with Gasteiger partial charge >= 0.3 is 0 Å². The van der Waals surface area contributed by atoms with Gasteiger partial charge in [-0.15, -0.1) is 0 Å². The van der Waals surface area contributed by atoms with Crippen LogP contribution in [0.2, 0.25) is 0 Å². The van der Waals surface area contributed by atoms with Crippen LogP contribution in [-0.2, 0) is 4.74 Å². The smallest absolute Gasteiger partial charge is 0.0596 e. The van der Waals surface area contributed by atoms with Gasteiger partial charge in [0.25, 0.3) is 0 Å². The monoisotopic (exact) mass is 286 g/mol. The van der Waals surface area contributed by atoms with Crippen LogP contribution in [-0.4, -0.2) is 49.8 Å². The first kappa shape index (κ1) is 19.9. The summed E-state index contributed by atoms with van der Waals surface area (Å²) in [5.41, 5.74) is 0.517. The molecule has 0 saturated carbocycles. The highest BCUT2D eigenvalue weighted by atomic mass is 16.5. The molecule has 20 heavy (non-hydrogen) atoms. The minimum Gasteiger partial charge on any atom is -0.377 e. The molecule has 0 aromatic heterocycles. The van der Waals surface area contributed by atoms with Gasteiger partial charge in [0.05, 0.1) is 12.7 Å². The number of nitrogens with zero attached hydrogens (tertiary/aromatic N) is 1. The lowest BCUT2D eigenvalue weighted by Crippen LogP contribution is -2.47. The highest BCUT2D eigenvalue weighted by Gasteiger charge is 2.26. The largest absolute Gasteiger partial charge is 0.377 e. The molecule has 0 bridgehead atoms. The van der Waals surface area contributed by atoms with E-state index < -0.39 is 0 Å². The van der Waals surface area contributed by atoms with Gasteiger partial charge in [-0.05, 0) is 53.5 Å². The summed E-state index contributed by atoms with van der Waals surface area (Å²) in [5, 5.41) is 3.67. The predicted octanol–water partition coefficient (Wildman–Crippen LogP) is 3.54. The Bertz CT molecular complexity index is 248. The maximum atomic E-state index is 5.64. The second-order valence-electron chi connectivity index (χ2n) is 7.82. The van der Waals surface area contributed by atoms with Crippen molar-refractivity contribution in [2.24, 2.45) is 5.41 Å². The van der Waals surface area contributed by atoms with E-state index in [0.717, 1.165) is 26.2 Å². The summed E-state index contributed by atoms with van der Waals surface area (Å²) in [7, 11) is 2.20.